The molecule has 0 aliphatic carbocycles. The van der Waals surface area contributed by atoms with Gasteiger partial charge in [0.15, 0.2) is 0 Å². The number of hydrogen-bond acceptors (Lipinski definition) is 4. The van der Waals surface area contributed by atoms with Gasteiger partial charge in [-0.15, -0.1) is 0 Å². The quantitative estimate of drug-likeness (QED) is 0.759. The minimum atomic E-state index is -3.85. The molecule has 0 radical (unpaired) electrons. The summed E-state index contributed by atoms with van der Waals surface area (Å²) in [6, 6.07) is 8.77. The number of nitrogens with zero attached hydrogens (tertiary/aromatic N) is 2. The Morgan fingerprint density at radius 2 is 1.69 bits per heavy atom. The van der Waals surface area contributed by atoms with E-state index >= 15 is 0 Å². The normalized spacial score (nSPS) is 15.9. The van der Waals surface area contributed by atoms with Gasteiger partial charge in [-0.1, -0.05) is 23.2 Å². The number of benzene rings is 2. The molecular formula is C17H17Cl2FN2O3S. The summed E-state index contributed by atoms with van der Waals surface area (Å²) < 4.78 is 45.7. The standard InChI is InChI=1S/C17H17Cl2FN2O3S/c1-25-16-5-2-12(20)10-17(16)26(23,24)22-8-6-21(7-9-22)13-3-4-14(18)15(19)11-13/h2-5,10-11H,6-9H2,1H3. The predicted molar refractivity (Wildman–Crippen MR) is 100 cm³/mol. The molecule has 0 unspecified atom stereocenters. The molecule has 0 saturated carbocycles. The lowest BCUT2D eigenvalue weighted by Gasteiger charge is -2.35. The van der Waals surface area contributed by atoms with Crippen molar-refractivity contribution in [3.8, 4) is 5.75 Å². The average Bonchev–Trinajstić information content (AvgIpc) is 2.64. The first kappa shape index (κ1) is 19.2. The lowest BCUT2D eigenvalue weighted by Crippen LogP contribution is -2.48. The Kier molecular flexibility index (Phi) is 5.62. The van der Waals surface area contributed by atoms with E-state index in [1.54, 1.807) is 12.1 Å². The Morgan fingerprint density at radius 3 is 2.31 bits per heavy atom. The molecule has 0 atom stereocenters. The molecule has 1 fully saturated rings. The summed E-state index contributed by atoms with van der Waals surface area (Å²) in [5.41, 5.74) is 0.875. The second-order valence-electron chi connectivity index (χ2n) is 5.78. The fraction of sp³-hybridized carbons (Fsp3) is 0.294. The molecule has 26 heavy (non-hydrogen) atoms. The van der Waals surface area contributed by atoms with Crippen molar-refractivity contribution in [3.05, 3.63) is 52.3 Å². The van der Waals surface area contributed by atoms with E-state index in [1.165, 1.54) is 23.5 Å². The van der Waals surface area contributed by atoms with Crippen molar-refractivity contribution in [1.29, 1.82) is 0 Å². The van der Waals surface area contributed by atoms with Gasteiger partial charge in [-0.3, -0.25) is 0 Å². The zero-order valence-corrected chi connectivity index (χ0v) is 16.3. The number of sulfonamides is 1. The van der Waals surface area contributed by atoms with Gasteiger partial charge < -0.3 is 9.64 Å². The van der Waals surface area contributed by atoms with Gasteiger partial charge in [-0.25, -0.2) is 12.8 Å². The summed E-state index contributed by atoms with van der Waals surface area (Å²) in [5.74, 6) is -0.503. The molecule has 1 heterocycles. The second kappa shape index (κ2) is 7.60. The Balaban J connectivity index is 1.79. The molecule has 0 aromatic heterocycles. The van der Waals surface area contributed by atoms with E-state index in [4.69, 9.17) is 27.9 Å². The van der Waals surface area contributed by atoms with Gasteiger partial charge in [0.25, 0.3) is 0 Å². The number of halogens is 3. The number of methoxy groups -OCH3 is 1. The van der Waals surface area contributed by atoms with Gasteiger partial charge in [0.1, 0.15) is 16.5 Å². The van der Waals surface area contributed by atoms with Crippen molar-refractivity contribution in [2.45, 2.75) is 4.90 Å². The molecular weight excluding hydrogens is 402 g/mol. The van der Waals surface area contributed by atoms with Gasteiger partial charge in [-0.2, -0.15) is 4.31 Å². The molecule has 140 valence electrons. The van der Waals surface area contributed by atoms with Crippen molar-refractivity contribution in [1.82, 2.24) is 4.31 Å². The molecule has 2 aromatic rings. The average molecular weight is 419 g/mol. The number of hydrogen-bond donors (Lipinski definition) is 0. The summed E-state index contributed by atoms with van der Waals surface area (Å²) in [7, 11) is -2.50. The third kappa shape index (κ3) is 3.76. The predicted octanol–water partition coefficient (Wildman–Crippen LogP) is 3.65. The molecule has 0 amide bonds. The Labute approximate surface area is 161 Å². The van der Waals surface area contributed by atoms with E-state index in [-0.39, 0.29) is 23.7 Å². The zero-order valence-electron chi connectivity index (χ0n) is 14.0. The van der Waals surface area contributed by atoms with Crippen LogP contribution in [0.1, 0.15) is 0 Å². The largest absolute Gasteiger partial charge is 0.495 e. The van der Waals surface area contributed by atoms with Crippen LogP contribution in [-0.2, 0) is 10.0 Å². The van der Waals surface area contributed by atoms with Gasteiger partial charge in [0.05, 0.1) is 17.2 Å². The summed E-state index contributed by atoms with van der Waals surface area (Å²) >= 11 is 12.0. The van der Waals surface area contributed by atoms with Gasteiger partial charge in [0.2, 0.25) is 10.0 Å². The second-order valence-corrected chi connectivity index (χ2v) is 8.51. The fourth-order valence-corrected chi connectivity index (χ4v) is 4.74. The Hall–Kier alpha value is -1.54. The first-order chi connectivity index (χ1) is 12.3. The molecule has 0 bridgehead atoms. The van der Waals surface area contributed by atoms with Crippen LogP contribution in [0.25, 0.3) is 0 Å². The minimum absolute atomic E-state index is 0.123. The molecule has 9 heteroatoms. The third-order valence-corrected chi connectivity index (χ3v) is 6.91. The smallest absolute Gasteiger partial charge is 0.246 e. The molecule has 5 nitrogen and oxygen atoms in total. The van der Waals surface area contributed by atoms with Crippen LogP contribution in [0.2, 0.25) is 10.0 Å². The summed E-state index contributed by atoms with van der Waals surface area (Å²) in [5, 5.41) is 0.915. The highest BCUT2D eigenvalue weighted by molar-refractivity contribution is 7.89. The molecule has 3 rings (SSSR count). The highest BCUT2D eigenvalue weighted by atomic mass is 35.5. The highest BCUT2D eigenvalue weighted by Gasteiger charge is 2.31. The van der Waals surface area contributed by atoms with Gasteiger partial charge >= 0.3 is 0 Å². The molecule has 1 saturated heterocycles. The third-order valence-electron chi connectivity index (χ3n) is 4.25. The molecule has 1 aliphatic rings. The fourth-order valence-electron chi connectivity index (χ4n) is 2.86. The van der Waals surface area contributed by atoms with Crippen molar-refractivity contribution in [3.63, 3.8) is 0 Å². The molecule has 0 spiro atoms. The molecule has 2 aromatic carbocycles. The van der Waals surface area contributed by atoms with Crippen LogP contribution in [-0.4, -0.2) is 46.0 Å². The van der Waals surface area contributed by atoms with E-state index in [2.05, 4.69) is 0 Å². The molecule has 0 N–H and O–H groups in total. The first-order valence-electron chi connectivity index (χ1n) is 7.86. The van der Waals surface area contributed by atoms with Crippen LogP contribution in [0.15, 0.2) is 41.3 Å². The van der Waals surface area contributed by atoms with E-state index in [0.717, 1.165) is 11.8 Å². The van der Waals surface area contributed by atoms with Crippen LogP contribution < -0.4 is 9.64 Å². The lowest BCUT2D eigenvalue weighted by atomic mass is 10.2. The van der Waals surface area contributed by atoms with E-state index < -0.39 is 15.8 Å². The van der Waals surface area contributed by atoms with E-state index in [0.29, 0.717) is 23.1 Å². The summed E-state index contributed by atoms with van der Waals surface area (Å²) in [6.45, 7) is 1.49. The zero-order chi connectivity index (χ0) is 18.9. The minimum Gasteiger partial charge on any atom is -0.495 e. The Bertz CT molecular complexity index is 916. The first-order valence-corrected chi connectivity index (χ1v) is 10.1. The monoisotopic (exact) mass is 418 g/mol. The van der Waals surface area contributed by atoms with Crippen molar-refractivity contribution < 1.29 is 17.5 Å². The van der Waals surface area contributed by atoms with Crippen LogP contribution in [0.5, 0.6) is 5.75 Å². The highest BCUT2D eigenvalue weighted by Crippen LogP contribution is 2.30. The number of anilines is 1. The van der Waals surface area contributed by atoms with E-state index in [1.807, 2.05) is 11.0 Å². The lowest BCUT2D eigenvalue weighted by molar-refractivity contribution is 0.373. The van der Waals surface area contributed by atoms with Crippen molar-refractivity contribution in [2.24, 2.45) is 0 Å². The number of piperazine rings is 1. The maximum absolute atomic E-state index is 13.6. The van der Waals surface area contributed by atoms with Crippen LogP contribution >= 0.6 is 23.2 Å². The topological polar surface area (TPSA) is 49.9 Å². The van der Waals surface area contributed by atoms with Crippen LogP contribution in [0, 0.1) is 5.82 Å². The van der Waals surface area contributed by atoms with Gasteiger partial charge in [-0.05, 0) is 36.4 Å². The molecule has 1 aliphatic heterocycles. The Morgan fingerprint density at radius 1 is 1.00 bits per heavy atom. The number of ether oxygens (including phenoxy) is 1. The number of rotatable bonds is 4. The summed E-state index contributed by atoms with van der Waals surface area (Å²) in [4.78, 5) is 1.86. The van der Waals surface area contributed by atoms with Crippen LogP contribution in [0.3, 0.4) is 0 Å². The van der Waals surface area contributed by atoms with Crippen molar-refractivity contribution >= 4 is 38.9 Å². The maximum Gasteiger partial charge on any atom is 0.246 e. The van der Waals surface area contributed by atoms with Gasteiger partial charge in [0, 0.05) is 31.9 Å². The summed E-state index contributed by atoms with van der Waals surface area (Å²) in [6.07, 6.45) is 0. The van der Waals surface area contributed by atoms with E-state index in [9.17, 15) is 12.8 Å². The van der Waals surface area contributed by atoms with Crippen LogP contribution in [0.4, 0.5) is 10.1 Å². The van der Waals surface area contributed by atoms with Crippen molar-refractivity contribution in [2.75, 3.05) is 38.2 Å². The maximum atomic E-state index is 13.6. The SMILES string of the molecule is COc1ccc(F)cc1S(=O)(=O)N1CCN(c2ccc(Cl)c(Cl)c2)CC1.